The molecule has 5 heteroatoms. The molecule has 1 aliphatic heterocycles. The van der Waals surface area contributed by atoms with Crippen LogP contribution in [0.4, 0.5) is 0 Å². The number of Topliss-reactive ketones (excluding diaryl/α,β-unsaturated/α-hetero) is 2. The summed E-state index contributed by atoms with van der Waals surface area (Å²) in [6, 6.07) is 3.92. The SMILES string of the molecule is O=C1CCN(CC(=O)c2ccc(O)cc2O)CC1. The van der Waals surface area contributed by atoms with Crippen LogP contribution in [-0.4, -0.2) is 46.3 Å². The Bertz CT molecular complexity index is 474. The molecule has 0 aromatic heterocycles. The standard InChI is InChI=1S/C13H15NO4/c15-9-3-5-14(6-4-9)8-13(18)11-2-1-10(16)7-12(11)17/h1-2,7,16-17H,3-6,8H2. The molecule has 2 rings (SSSR count). The van der Waals surface area contributed by atoms with Gasteiger partial charge < -0.3 is 10.2 Å². The van der Waals surface area contributed by atoms with Crippen molar-refractivity contribution in [1.82, 2.24) is 4.90 Å². The van der Waals surface area contributed by atoms with E-state index in [1.165, 1.54) is 12.1 Å². The second-order valence-corrected chi connectivity index (χ2v) is 4.44. The maximum absolute atomic E-state index is 12.0. The average molecular weight is 249 g/mol. The Balaban J connectivity index is 2.01. The smallest absolute Gasteiger partial charge is 0.180 e. The highest BCUT2D eigenvalue weighted by molar-refractivity contribution is 6.00. The fourth-order valence-electron chi connectivity index (χ4n) is 2.00. The van der Waals surface area contributed by atoms with E-state index in [2.05, 4.69) is 0 Å². The molecule has 1 aromatic rings. The summed E-state index contributed by atoms with van der Waals surface area (Å²) in [5.74, 6) is -0.270. The highest BCUT2D eigenvalue weighted by Gasteiger charge is 2.20. The van der Waals surface area contributed by atoms with Gasteiger partial charge >= 0.3 is 0 Å². The van der Waals surface area contributed by atoms with E-state index in [0.29, 0.717) is 25.9 Å². The van der Waals surface area contributed by atoms with Crippen LogP contribution in [0.25, 0.3) is 0 Å². The quantitative estimate of drug-likeness (QED) is 0.780. The van der Waals surface area contributed by atoms with Crippen molar-refractivity contribution in [3.05, 3.63) is 23.8 Å². The van der Waals surface area contributed by atoms with Gasteiger partial charge in [-0.15, -0.1) is 0 Å². The summed E-state index contributed by atoms with van der Waals surface area (Å²) in [7, 11) is 0. The number of rotatable bonds is 3. The number of piperidine rings is 1. The van der Waals surface area contributed by atoms with Gasteiger partial charge in [0.1, 0.15) is 17.3 Å². The number of aromatic hydroxyl groups is 2. The largest absolute Gasteiger partial charge is 0.508 e. The minimum Gasteiger partial charge on any atom is -0.508 e. The molecule has 5 nitrogen and oxygen atoms in total. The fourth-order valence-corrected chi connectivity index (χ4v) is 2.00. The molecule has 0 amide bonds. The minimum atomic E-state index is -0.215. The van der Waals surface area contributed by atoms with E-state index in [4.69, 9.17) is 5.11 Å². The number of carbonyl (C=O) groups is 2. The molecule has 0 bridgehead atoms. The number of carbonyl (C=O) groups excluding carboxylic acids is 2. The van der Waals surface area contributed by atoms with Gasteiger partial charge in [-0.1, -0.05) is 0 Å². The van der Waals surface area contributed by atoms with Gasteiger partial charge in [-0.2, -0.15) is 0 Å². The van der Waals surface area contributed by atoms with Gasteiger partial charge in [0.2, 0.25) is 0 Å². The predicted molar refractivity (Wildman–Crippen MR) is 64.8 cm³/mol. The third kappa shape index (κ3) is 2.87. The number of phenolic OH excluding ortho intramolecular Hbond substituents is 2. The number of likely N-dealkylation sites (tertiary alicyclic amines) is 1. The maximum Gasteiger partial charge on any atom is 0.180 e. The van der Waals surface area contributed by atoms with E-state index in [-0.39, 0.29) is 35.2 Å². The van der Waals surface area contributed by atoms with E-state index >= 15 is 0 Å². The molecule has 0 atom stereocenters. The van der Waals surface area contributed by atoms with Gasteiger partial charge in [0.15, 0.2) is 5.78 Å². The maximum atomic E-state index is 12.0. The molecule has 1 heterocycles. The zero-order valence-corrected chi connectivity index (χ0v) is 9.93. The topological polar surface area (TPSA) is 77.8 Å². The Labute approximate surface area is 105 Å². The zero-order valence-electron chi connectivity index (χ0n) is 9.93. The second-order valence-electron chi connectivity index (χ2n) is 4.44. The number of phenols is 2. The van der Waals surface area contributed by atoms with Crippen molar-refractivity contribution < 1.29 is 19.8 Å². The van der Waals surface area contributed by atoms with Crippen molar-refractivity contribution in [2.45, 2.75) is 12.8 Å². The van der Waals surface area contributed by atoms with Crippen LogP contribution in [-0.2, 0) is 4.79 Å². The molecule has 1 saturated heterocycles. The first-order chi connectivity index (χ1) is 8.56. The summed E-state index contributed by atoms with van der Waals surface area (Å²) in [4.78, 5) is 24.9. The van der Waals surface area contributed by atoms with Crippen molar-refractivity contribution >= 4 is 11.6 Å². The van der Waals surface area contributed by atoms with E-state index in [0.717, 1.165) is 6.07 Å². The van der Waals surface area contributed by atoms with Crippen LogP contribution in [0.3, 0.4) is 0 Å². The van der Waals surface area contributed by atoms with Crippen LogP contribution < -0.4 is 0 Å². The number of ketones is 2. The lowest BCUT2D eigenvalue weighted by atomic mass is 10.1. The van der Waals surface area contributed by atoms with Crippen LogP contribution in [0.5, 0.6) is 11.5 Å². The summed E-state index contributed by atoms with van der Waals surface area (Å²) < 4.78 is 0. The van der Waals surface area contributed by atoms with Crippen LogP contribution >= 0.6 is 0 Å². The summed E-state index contributed by atoms with van der Waals surface area (Å²) in [6.45, 7) is 1.36. The summed E-state index contributed by atoms with van der Waals surface area (Å²) in [5.41, 5.74) is 0.199. The first-order valence-electron chi connectivity index (χ1n) is 5.85. The molecule has 1 aliphatic rings. The molecule has 0 spiro atoms. The van der Waals surface area contributed by atoms with Crippen molar-refractivity contribution in [2.75, 3.05) is 19.6 Å². The molecule has 0 unspecified atom stereocenters. The highest BCUT2D eigenvalue weighted by atomic mass is 16.3. The van der Waals surface area contributed by atoms with Crippen molar-refractivity contribution in [1.29, 1.82) is 0 Å². The summed E-state index contributed by atoms with van der Waals surface area (Å²) in [6.07, 6.45) is 0.962. The van der Waals surface area contributed by atoms with Gasteiger partial charge in [-0.05, 0) is 12.1 Å². The normalized spacial score (nSPS) is 16.8. The van der Waals surface area contributed by atoms with Gasteiger partial charge in [0.05, 0.1) is 12.1 Å². The van der Waals surface area contributed by atoms with Gasteiger partial charge in [0.25, 0.3) is 0 Å². The number of hydrogen-bond acceptors (Lipinski definition) is 5. The molecular formula is C13H15NO4. The van der Waals surface area contributed by atoms with E-state index < -0.39 is 0 Å². The van der Waals surface area contributed by atoms with Crippen molar-refractivity contribution in [2.24, 2.45) is 0 Å². The lowest BCUT2D eigenvalue weighted by molar-refractivity contribution is -0.121. The van der Waals surface area contributed by atoms with Crippen LogP contribution in [0.1, 0.15) is 23.2 Å². The molecule has 96 valence electrons. The van der Waals surface area contributed by atoms with Crippen LogP contribution in [0.2, 0.25) is 0 Å². The third-order valence-electron chi connectivity index (χ3n) is 3.06. The molecule has 2 N–H and O–H groups in total. The lowest BCUT2D eigenvalue weighted by Gasteiger charge is -2.24. The molecule has 1 fully saturated rings. The first kappa shape index (κ1) is 12.6. The fraction of sp³-hybridized carbons (Fsp3) is 0.385. The van der Waals surface area contributed by atoms with E-state index in [9.17, 15) is 14.7 Å². The molecule has 1 aromatic carbocycles. The third-order valence-corrected chi connectivity index (χ3v) is 3.06. The Hall–Kier alpha value is -1.88. The molecule has 18 heavy (non-hydrogen) atoms. The van der Waals surface area contributed by atoms with Crippen LogP contribution in [0, 0.1) is 0 Å². The van der Waals surface area contributed by atoms with Gasteiger partial charge in [0, 0.05) is 32.0 Å². The Morgan fingerprint density at radius 3 is 2.50 bits per heavy atom. The van der Waals surface area contributed by atoms with Crippen molar-refractivity contribution in [3.8, 4) is 11.5 Å². The minimum absolute atomic E-state index is 0.0763. The van der Waals surface area contributed by atoms with Crippen molar-refractivity contribution in [3.63, 3.8) is 0 Å². The number of hydrogen-bond donors (Lipinski definition) is 2. The summed E-state index contributed by atoms with van der Waals surface area (Å²) >= 11 is 0. The molecule has 0 aliphatic carbocycles. The number of benzene rings is 1. The molecule has 0 saturated carbocycles. The first-order valence-corrected chi connectivity index (χ1v) is 5.85. The highest BCUT2D eigenvalue weighted by Crippen LogP contribution is 2.23. The Morgan fingerprint density at radius 2 is 1.89 bits per heavy atom. The number of nitrogens with zero attached hydrogens (tertiary/aromatic N) is 1. The lowest BCUT2D eigenvalue weighted by Crippen LogP contribution is -2.37. The second kappa shape index (κ2) is 5.18. The van der Waals surface area contributed by atoms with Gasteiger partial charge in [-0.25, -0.2) is 0 Å². The van der Waals surface area contributed by atoms with Gasteiger partial charge in [-0.3, -0.25) is 14.5 Å². The molecule has 0 radical (unpaired) electrons. The zero-order chi connectivity index (χ0) is 13.1. The Morgan fingerprint density at radius 1 is 1.22 bits per heavy atom. The monoisotopic (exact) mass is 249 g/mol. The van der Waals surface area contributed by atoms with Crippen LogP contribution in [0.15, 0.2) is 18.2 Å². The molecular weight excluding hydrogens is 234 g/mol. The Kier molecular flexibility index (Phi) is 3.62. The predicted octanol–water partition coefficient (Wildman–Crippen LogP) is 0.945. The van der Waals surface area contributed by atoms with E-state index in [1.807, 2.05) is 4.90 Å². The summed E-state index contributed by atoms with van der Waals surface area (Å²) in [5, 5.41) is 18.7. The average Bonchev–Trinajstić information content (AvgIpc) is 2.32. The van der Waals surface area contributed by atoms with E-state index in [1.54, 1.807) is 0 Å².